The highest BCUT2D eigenvalue weighted by Gasteiger charge is 2.54. The first kappa shape index (κ1) is 13.3. The fourth-order valence-corrected chi connectivity index (χ4v) is 6.26. The highest BCUT2D eigenvalue weighted by Crippen LogP contribution is 2.57. The molecule has 0 bridgehead atoms. The molecule has 4 fully saturated rings. The maximum atomic E-state index is 12.0. The first-order valence-corrected chi connectivity index (χ1v) is 8.54. The van der Waals surface area contributed by atoms with Crippen molar-refractivity contribution in [2.75, 3.05) is 0 Å². The number of carbonyl (C=O) groups excluding carboxylic acids is 1. The smallest absolute Gasteiger partial charge is 0.136 e. The van der Waals surface area contributed by atoms with Crippen LogP contribution in [0.5, 0.6) is 0 Å². The molecule has 3 nitrogen and oxygen atoms in total. The average Bonchev–Trinajstić information content (AvgIpc) is 2.80. The van der Waals surface area contributed by atoms with E-state index >= 15 is 0 Å². The number of hydrogen-bond donors (Lipinski definition) is 2. The standard InChI is InChI=1S/C17H26O3/c18-10-2-4-11-9(7-10)1-3-13-12-5-6-15(19)14(12)8-16(20)17(11)13/h9-14,16-18,20H,1-8H2/t9-,10+,11?,12?,13?,14?,16?,17?/m0/s1. The van der Waals surface area contributed by atoms with Gasteiger partial charge in [-0.15, -0.1) is 0 Å². The maximum Gasteiger partial charge on any atom is 0.136 e. The molecule has 0 radical (unpaired) electrons. The summed E-state index contributed by atoms with van der Waals surface area (Å²) in [7, 11) is 0. The predicted molar refractivity (Wildman–Crippen MR) is 74.9 cm³/mol. The Morgan fingerprint density at radius 2 is 1.65 bits per heavy atom. The van der Waals surface area contributed by atoms with E-state index < -0.39 is 0 Å². The number of aliphatic hydroxyl groups is 2. The minimum absolute atomic E-state index is 0.116. The number of fused-ring (bicyclic) bond motifs is 5. The zero-order chi connectivity index (χ0) is 13.9. The normalized spacial score (nSPS) is 55.0. The van der Waals surface area contributed by atoms with Crippen molar-refractivity contribution in [1.82, 2.24) is 0 Å². The summed E-state index contributed by atoms with van der Waals surface area (Å²) in [6.45, 7) is 0. The molecule has 8 atom stereocenters. The number of hydrogen-bond acceptors (Lipinski definition) is 3. The second-order valence-corrected chi connectivity index (χ2v) is 7.79. The van der Waals surface area contributed by atoms with E-state index in [1.54, 1.807) is 0 Å². The van der Waals surface area contributed by atoms with Crippen LogP contribution >= 0.6 is 0 Å². The zero-order valence-electron chi connectivity index (χ0n) is 12.1. The molecule has 0 saturated heterocycles. The molecule has 112 valence electrons. The summed E-state index contributed by atoms with van der Waals surface area (Å²) in [5, 5.41) is 20.5. The molecular weight excluding hydrogens is 252 g/mol. The van der Waals surface area contributed by atoms with Gasteiger partial charge in [-0.2, -0.15) is 0 Å². The first-order valence-electron chi connectivity index (χ1n) is 8.54. The van der Waals surface area contributed by atoms with Gasteiger partial charge in [-0.05, 0) is 74.5 Å². The molecule has 0 spiro atoms. The van der Waals surface area contributed by atoms with E-state index in [0.29, 0.717) is 35.4 Å². The van der Waals surface area contributed by atoms with E-state index in [1.807, 2.05) is 0 Å². The molecule has 0 heterocycles. The lowest BCUT2D eigenvalue weighted by atomic mass is 9.52. The Morgan fingerprint density at radius 3 is 2.50 bits per heavy atom. The van der Waals surface area contributed by atoms with Gasteiger partial charge in [0, 0.05) is 12.3 Å². The van der Waals surface area contributed by atoms with Gasteiger partial charge in [-0.25, -0.2) is 0 Å². The maximum absolute atomic E-state index is 12.0. The van der Waals surface area contributed by atoms with Gasteiger partial charge in [0.15, 0.2) is 0 Å². The summed E-state index contributed by atoms with van der Waals surface area (Å²) in [6.07, 6.45) is 7.44. The Balaban J connectivity index is 1.59. The van der Waals surface area contributed by atoms with E-state index in [1.165, 1.54) is 12.8 Å². The molecule has 0 amide bonds. The molecule has 4 aliphatic rings. The lowest BCUT2D eigenvalue weighted by Crippen LogP contribution is -2.51. The molecule has 0 aromatic carbocycles. The Kier molecular flexibility index (Phi) is 3.19. The van der Waals surface area contributed by atoms with Gasteiger partial charge in [0.25, 0.3) is 0 Å². The van der Waals surface area contributed by atoms with Gasteiger partial charge in [-0.3, -0.25) is 4.79 Å². The van der Waals surface area contributed by atoms with Crippen LogP contribution in [-0.2, 0) is 4.79 Å². The Hall–Kier alpha value is -0.410. The summed E-state index contributed by atoms with van der Waals surface area (Å²) in [5.74, 6) is 3.33. The average molecular weight is 278 g/mol. The second kappa shape index (κ2) is 4.81. The molecule has 0 aromatic rings. The predicted octanol–water partition coefficient (Wildman–Crippen LogP) is 2.15. The fraction of sp³-hybridized carbons (Fsp3) is 0.941. The van der Waals surface area contributed by atoms with Crippen LogP contribution in [0.15, 0.2) is 0 Å². The summed E-state index contributed by atoms with van der Waals surface area (Å²) < 4.78 is 0. The third kappa shape index (κ3) is 1.89. The minimum Gasteiger partial charge on any atom is -0.393 e. The van der Waals surface area contributed by atoms with Crippen molar-refractivity contribution in [2.24, 2.45) is 35.5 Å². The number of aliphatic hydroxyl groups excluding tert-OH is 2. The van der Waals surface area contributed by atoms with Crippen molar-refractivity contribution in [3.63, 3.8) is 0 Å². The van der Waals surface area contributed by atoms with Crippen molar-refractivity contribution in [3.05, 3.63) is 0 Å². The highest BCUT2D eigenvalue weighted by atomic mass is 16.3. The van der Waals surface area contributed by atoms with Crippen molar-refractivity contribution >= 4 is 5.78 Å². The zero-order valence-corrected chi connectivity index (χ0v) is 12.1. The van der Waals surface area contributed by atoms with Crippen LogP contribution in [0.4, 0.5) is 0 Å². The van der Waals surface area contributed by atoms with E-state index in [0.717, 1.165) is 38.5 Å². The molecular formula is C17H26O3. The molecule has 0 aliphatic heterocycles. The van der Waals surface area contributed by atoms with Crippen molar-refractivity contribution in [1.29, 1.82) is 0 Å². The van der Waals surface area contributed by atoms with E-state index in [2.05, 4.69) is 0 Å². The van der Waals surface area contributed by atoms with E-state index in [9.17, 15) is 15.0 Å². The highest BCUT2D eigenvalue weighted by molar-refractivity contribution is 5.83. The number of Topliss-reactive ketones (excluding diaryl/α,β-unsaturated/α-hetero) is 1. The molecule has 2 N–H and O–H groups in total. The lowest BCUT2D eigenvalue weighted by Gasteiger charge is -2.53. The number of carbonyl (C=O) groups is 1. The topological polar surface area (TPSA) is 57.5 Å². The largest absolute Gasteiger partial charge is 0.393 e. The van der Waals surface area contributed by atoms with Crippen LogP contribution in [0.3, 0.4) is 0 Å². The Bertz CT molecular complexity index is 407. The number of rotatable bonds is 0. The molecule has 6 unspecified atom stereocenters. The molecule has 0 aromatic heterocycles. The van der Waals surface area contributed by atoms with Gasteiger partial charge >= 0.3 is 0 Å². The van der Waals surface area contributed by atoms with Gasteiger partial charge < -0.3 is 10.2 Å². The third-order valence-corrected chi connectivity index (χ3v) is 7.02. The SMILES string of the molecule is O=C1CCC2C1CC(O)C1C2CC[C@H]2C[C@H](O)CCC12. The third-order valence-electron chi connectivity index (χ3n) is 7.02. The van der Waals surface area contributed by atoms with Gasteiger partial charge in [0.1, 0.15) is 5.78 Å². The summed E-state index contributed by atoms with van der Waals surface area (Å²) in [5.41, 5.74) is 0. The Labute approximate surface area is 120 Å². The molecule has 4 rings (SSSR count). The van der Waals surface area contributed by atoms with Crippen LogP contribution < -0.4 is 0 Å². The van der Waals surface area contributed by atoms with Crippen LogP contribution in [-0.4, -0.2) is 28.2 Å². The van der Waals surface area contributed by atoms with Crippen LogP contribution in [0, 0.1) is 35.5 Å². The van der Waals surface area contributed by atoms with Crippen LogP contribution in [0.2, 0.25) is 0 Å². The van der Waals surface area contributed by atoms with Crippen molar-refractivity contribution in [2.45, 2.75) is 63.6 Å². The summed E-state index contributed by atoms with van der Waals surface area (Å²) in [6, 6.07) is 0. The number of ketones is 1. The molecule has 20 heavy (non-hydrogen) atoms. The van der Waals surface area contributed by atoms with E-state index in [-0.39, 0.29) is 18.1 Å². The van der Waals surface area contributed by atoms with Crippen molar-refractivity contribution in [3.8, 4) is 0 Å². The quantitative estimate of drug-likeness (QED) is 0.714. The first-order chi connectivity index (χ1) is 9.65. The Morgan fingerprint density at radius 1 is 0.850 bits per heavy atom. The molecule has 4 aliphatic carbocycles. The second-order valence-electron chi connectivity index (χ2n) is 7.79. The van der Waals surface area contributed by atoms with Gasteiger partial charge in [0.2, 0.25) is 0 Å². The summed E-state index contributed by atoms with van der Waals surface area (Å²) in [4.78, 5) is 12.0. The monoisotopic (exact) mass is 278 g/mol. The van der Waals surface area contributed by atoms with Crippen LogP contribution in [0.1, 0.15) is 51.4 Å². The van der Waals surface area contributed by atoms with E-state index in [4.69, 9.17) is 0 Å². The van der Waals surface area contributed by atoms with Gasteiger partial charge in [0.05, 0.1) is 12.2 Å². The lowest BCUT2D eigenvalue weighted by molar-refractivity contribution is -0.134. The molecule has 3 heteroatoms. The van der Waals surface area contributed by atoms with Gasteiger partial charge in [-0.1, -0.05) is 0 Å². The van der Waals surface area contributed by atoms with Crippen LogP contribution in [0.25, 0.3) is 0 Å². The fourth-order valence-electron chi connectivity index (χ4n) is 6.26. The summed E-state index contributed by atoms with van der Waals surface area (Å²) >= 11 is 0. The minimum atomic E-state index is -0.272. The molecule has 4 saturated carbocycles. The van der Waals surface area contributed by atoms with Crippen molar-refractivity contribution < 1.29 is 15.0 Å².